The highest BCUT2D eigenvalue weighted by atomic mass is 16.2. The molecule has 3 rings (SSSR count). The molecule has 0 bridgehead atoms. The number of hydrogen-bond acceptors (Lipinski definition) is 3. The van der Waals surface area contributed by atoms with Crippen LogP contribution >= 0.6 is 0 Å². The van der Waals surface area contributed by atoms with E-state index < -0.39 is 0 Å². The highest BCUT2D eigenvalue weighted by Crippen LogP contribution is 2.23. The Morgan fingerprint density at radius 1 is 1.00 bits per heavy atom. The van der Waals surface area contributed by atoms with Gasteiger partial charge in [0.15, 0.2) is 0 Å². The molecule has 4 heteroatoms. The van der Waals surface area contributed by atoms with Gasteiger partial charge in [0, 0.05) is 13.5 Å². The number of hydrogen-bond donors (Lipinski definition) is 0. The van der Waals surface area contributed by atoms with Gasteiger partial charge in [0.05, 0.1) is 12.6 Å². The Morgan fingerprint density at radius 2 is 1.60 bits per heavy atom. The van der Waals surface area contributed by atoms with E-state index in [-0.39, 0.29) is 17.9 Å². The van der Waals surface area contributed by atoms with Crippen molar-refractivity contribution in [1.82, 2.24) is 9.80 Å². The molecule has 25 heavy (non-hydrogen) atoms. The van der Waals surface area contributed by atoms with Crippen LogP contribution in [0.1, 0.15) is 30.9 Å². The van der Waals surface area contributed by atoms with Gasteiger partial charge in [-0.15, -0.1) is 0 Å². The second-order valence-electron chi connectivity index (χ2n) is 6.54. The van der Waals surface area contributed by atoms with E-state index in [0.29, 0.717) is 6.54 Å². The molecule has 0 saturated carbocycles. The van der Waals surface area contributed by atoms with Gasteiger partial charge in [-0.1, -0.05) is 60.7 Å². The molecule has 4 nitrogen and oxygen atoms in total. The van der Waals surface area contributed by atoms with E-state index in [9.17, 15) is 9.59 Å². The average molecular weight is 336 g/mol. The van der Waals surface area contributed by atoms with Crippen LogP contribution in [0.3, 0.4) is 0 Å². The molecule has 1 aliphatic rings. The molecule has 0 aromatic heterocycles. The zero-order chi connectivity index (χ0) is 17.6. The molecular weight excluding hydrogens is 312 g/mol. The number of benzene rings is 2. The number of nitrogens with zero attached hydrogens (tertiary/aromatic N) is 2. The van der Waals surface area contributed by atoms with Gasteiger partial charge >= 0.3 is 0 Å². The van der Waals surface area contributed by atoms with Crippen LogP contribution in [0.15, 0.2) is 60.7 Å². The zero-order valence-electron chi connectivity index (χ0n) is 14.6. The smallest absolute Gasteiger partial charge is 0.246 e. The van der Waals surface area contributed by atoms with Crippen LogP contribution in [0, 0.1) is 0 Å². The summed E-state index contributed by atoms with van der Waals surface area (Å²) in [5.41, 5.74) is 2.17. The second-order valence-corrected chi connectivity index (χ2v) is 6.54. The van der Waals surface area contributed by atoms with Crippen molar-refractivity contribution in [2.45, 2.75) is 38.9 Å². The van der Waals surface area contributed by atoms with E-state index in [1.165, 1.54) is 17.4 Å². The third-order valence-electron chi connectivity index (χ3n) is 4.71. The molecule has 1 atom stereocenters. The molecule has 0 unspecified atom stereocenters. The van der Waals surface area contributed by atoms with Crippen LogP contribution < -0.4 is 0 Å². The maximum Gasteiger partial charge on any atom is 0.246 e. The molecular formula is C21H24N2O2. The Balaban J connectivity index is 1.73. The summed E-state index contributed by atoms with van der Waals surface area (Å²) in [6.07, 6.45) is 1.80. The molecule has 1 heterocycles. The van der Waals surface area contributed by atoms with Crippen molar-refractivity contribution in [3.8, 4) is 0 Å². The Kier molecular flexibility index (Phi) is 5.61. The topological polar surface area (TPSA) is 40.6 Å². The van der Waals surface area contributed by atoms with Crippen molar-refractivity contribution in [3.05, 3.63) is 71.8 Å². The zero-order valence-corrected chi connectivity index (χ0v) is 14.6. The van der Waals surface area contributed by atoms with Crippen molar-refractivity contribution in [1.29, 1.82) is 0 Å². The van der Waals surface area contributed by atoms with E-state index in [1.807, 2.05) is 48.5 Å². The Labute approximate surface area is 149 Å². The Hall–Kier alpha value is -2.46. The van der Waals surface area contributed by atoms with E-state index in [1.54, 1.807) is 0 Å². The Morgan fingerprint density at radius 3 is 2.20 bits per heavy atom. The molecule has 0 N–H and O–H groups in total. The van der Waals surface area contributed by atoms with Crippen molar-refractivity contribution in [2.75, 3.05) is 6.54 Å². The molecule has 1 aliphatic heterocycles. The predicted octanol–water partition coefficient (Wildman–Crippen LogP) is 3.23. The van der Waals surface area contributed by atoms with Gasteiger partial charge in [0.1, 0.15) is 0 Å². The highest BCUT2D eigenvalue weighted by molar-refractivity contribution is 5.97. The van der Waals surface area contributed by atoms with Gasteiger partial charge in [-0.2, -0.15) is 0 Å². The van der Waals surface area contributed by atoms with Gasteiger partial charge in [-0.25, -0.2) is 0 Å². The Bertz CT molecular complexity index is 715. The SMILES string of the molecule is CC(=O)N(Cc1ccccc1)C(=O)[C@H]1CCCN1Cc1ccccc1. The fraction of sp³-hybridized carbons (Fsp3) is 0.333. The van der Waals surface area contributed by atoms with E-state index >= 15 is 0 Å². The largest absolute Gasteiger partial charge is 0.288 e. The van der Waals surface area contributed by atoms with Crippen LogP contribution in [0.2, 0.25) is 0 Å². The highest BCUT2D eigenvalue weighted by Gasteiger charge is 2.35. The number of amides is 2. The van der Waals surface area contributed by atoms with Crippen LogP contribution in [0.5, 0.6) is 0 Å². The fourth-order valence-corrected chi connectivity index (χ4v) is 3.40. The minimum absolute atomic E-state index is 0.0789. The fourth-order valence-electron chi connectivity index (χ4n) is 3.40. The summed E-state index contributed by atoms with van der Waals surface area (Å²) in [7, 11) is 0. The third kappa shape index (κ3) is 4.34. The monoisotopic (exact) mass is 336 g/mol. The van der Waals surface area contributed by atoms with Gasteiger partial charge in [-0.3, -0.25) is 19.4 Å². The standard InChI is InChI=1S/C21H24N2O2/c1-17(24)23(16-19-11-6-3-7-12-19)21(25)20-13-8-14-22(20)15-18-9-4-2-5-10-18/h2-7,9-12,20H,8,13-16H2,1H3/t20-/m1/s1. The minimum atomic E-state index is -0.215. The summed E-state index contributed by atoms with van der Waals surface area (Å²) in [6.45, 7) is 3.44. The summed E-state index contributed by atoms with van der Waals surface area (Å²) in [6, 6.07) is 19.6. The molecule has 0 radical (unpaired) electrons. The third-order valence-corrected chi connectivity index (χ3v) is 4.71. The van der Waals surface area contributed by atoms with Crippen LogP contribution in [0.4, 0.5) is 0 Å². The quantitative estimate of drug-likeness (QED) is 0.842. The minimum Gasteiger partial charge on any atom is -0.288 e. The summed E-state index contributed by atoms with van der Waals surface area (Å²) >= 11 is 0. The molecule has 2 amide bonds. The van der Waals surface area contributed by atoms with E-state index in [4.69, 9.17) is 0 Å². The van der Waals surface area contributed by atoms with E-state index in [0.717, 1.165) is 31.5 Å². The van der Waals surface area contributed by atoms with Crippen molar-refractivity contribution < 1.29 is 9.59 Å². The van der Waals surface area contributed by atoms with Gasteiger partial charge in [-0.05, 0) is 30.5 Å². The first kappa shape index (κ1) is 17.4. The molecule has 0 spiro atoms. The number of rotatable bonds is 5. The normalized spacial score (nSPS) is 17.4. The number of likely N-dealkylation sites (tertiary alicyclic amines) is 1. The average Bonchev–Trinajstić information content (AvgIpc) is 3.09. The van der Waals surface area contributed by atoms with Gasteiger partial charge in [0.2, 0.25) is 11.8 Å². The summed E-state index contributed by atoms with van der Waals surface area (Å²) in [5, 5.41) is 0. The van der Waals surface area contributed by atoms with Crippen LogP contribution in [-0.4, -0.2) is 34.2 Å². The molecule has 2 aromatic carbocycles. The number of imide groups is 1. The molecule has 0 aliphatic carbocycles. The van der Waals surface area contributed by atoms with Crippen molar-refractivity contribution in [2.24, 2.45) is 0 Å². The van der Waals surface area contributed by atoms with Crippen LogP contribution in [-0.2, 0) is 22.7 Å². The van der Waals surface area contributed by atoms with Crippen LogP contribution in [0.25, 0.3) is 0 Å². The molecule has 1 fully saturated rings. The van der Waals surface area contributed by atoms with E-state index in [2.05, 4.69) is 17.0 Å². The predicted molar refractivity (Wildman–Crippen MR) is 97.5 cm³/mol. The maximum atomic E-state index is 13.1. The summed E-state index contributed by atoms with van der Waals surface area (Å²) in [4.78, 5) is 28.7. The lowest BCUT2D eigenvalue weighted by Crippen LogP contribution is -2.46. The molecule has 1 saturated heterocycles. The lowest BCUT2D eigenvalue weighted by Gasteiger charge is -2.28. The lowest BCUT2D eigenvalue weighted by molar-refractivity contribution is -0.147. The molecule has 130 valence electrons. The first-order valence-corrected chi connectivity index (χ1v) is 8.79. The number of carbonyl (C=O) groups excluding carboxylic acids is 2. The van der Waals surface area contributed by atoms with Crippen molar-refractivity contribution in [3.63, 3.8) is 0 Å². The van der Waals surface area contributed by atoms with Gasteiger partial charge < -0.3 is 0 Å². The second kappa shape index (κ2) is 8.08. The summed E-state index contributed by atoms with van der Waals surface area (Å²) < 4.78 is 0. The molecule has 2 aromatic rings. The first-order chi connectivity index (χ1) is 12.1. The van der Waals surface area contributed by atoms with Crippen molar-refractivity contribution >= 4 is 11.8 Å². The summed E-state index contributed by atoms with van der Waals surface area (Å²) in [5.74, 6) is -0.273. The lowest BCUT2D eigenvalue weighted by atomic mass is 10.1. The maximum absolute atomic E-state index is 13.1. The first-order valence-electron chi connectivity index (χ1n) is 8.79. The van der Waals surface area contributed by atoms with Gasteiger partial charge in [0.25, 0.3) is 0 Å². The number of carbonyl (C=O) groups is 2.